The summed E-state index contributed by atoms with van der Waals surface area (Å²) in [5, 5.41) is 12.1. The number of hydrogen-bond acceptors (Lipinski definition) is 4. The van der Waals surface area contributed by atoms with Gasteiger partial charge in [-0.25, -0.2) is 4.98 Å². The number of nitrogens with zero attached hydrogens (tertiary/aromatic N) is 2. The van der Waals surface area contributed by atoms with Gasteiger partial charge in [-0.2, -0.15) is 0 Å². The number of rotatable bonds is 11. The van der Waals surface area contributed by atoms with Gasteiger partial charge in [0.05, 0.1) is 23.9 Å². The van der Waals surface area contributed by atoms with Crippen LogP contribution in [0.25, 0.3) is 44.4 Å². The van der Waals surface area contributed by atoms with E-state index < -0.39 is 0 Å². The van der Waals surface area contributed by atoms with Gasteiger partial charge in [0.2, 0.25) is 0 Å². The summed E-state index contributed by atoms with van der Waals surface area (Å²) in [7, 11) is 4.26. The predicted octanol–water partition coefficient (Wildman–Crippen LogP) is 11.4. The molecule has 0 aliphatic carbocycles. The Hall–Kier alpha value is -3.73. The number of hydrogen-bond donors (Lipinski definition) is 1. The Morgan fingerprint density at radius 3 is 2.26 bits per heavy atom. The minimum atomic E-state index is 0. The van der Waals surface area contributed by atoms with Crippen molar-refractivity contribution in [1.29, 1.82) is 0 Å². The Bertz CT molecular complexity index is 1910. The summed E-state index contributed by atoms with van der Waals surface area (Å²) in [5.74, 6) is 1.08. The molecule has 1 radical (unpaired) electrons. The predicted molar refractivity (Wildman–Crippen MR) is 203 cm³/mol. The van der Waals surface area contributed by atoms with E-state index in [2.05, 4.69) is 96.3 Å². The zero-order valence-corrected chi connectivity index (χ0v) is 33.8. The number of ketones is 1. The molecule has 2 aromatic carbocycles. The van der Waals surface area contributed by atoms with Gasteiger partial charge in [-0.3, -0.25) is 4.79 Å². The summed E-state index contributed by atoms with van der Waals surface area (Å²) in [6, 6.07) is 22.8. The van der Waals surface area contributed by atoms with Crippen LogP contribution in [0.4, 0.5) is 0 Å². The molecule has 1 N–H and O–H groups in total. The van der Waals surface area contributed by atoms with Gasteiger partial charge in [0.25, 0.3) is 0 Å². The van der Waals surface area contributed by atoms with Crippen molar-refractivity contribution in [2.24, 2.45) is 17.8 Å². The van der Waals surface area contributed by atoms with Crippen LogP contribution in [0.1, 0.15) is 99.1 Å². The minimum absolute atomic E-state index is 0. The molecule has 269 valence electrons. The third-order valence-electron chi connectivity index (χ3n) is 9.39. The first-order chi connectivity index (χ1) is 23.3. The smallest absolute Gasteiger partial charge is 0.162 e. The van der Waals surface area contributed by atoms with E-state index in [9.17, 15) is 9.90 Å². The maximum Gasteiger partial charge on any atom is 0.162 e. The summed E-state index contributed by atoms with van der Waals surface area (Å²) in [6.45, 7) is 19.3. The van der Waals surface area contributed by atoms with Crippen LogP contribution in [-0.4, -0.2) is 15.9 Å². The molecule has 0 saturated carbocycles. The van der Waals surface area contributed by atoms with Crippen molar-refractivity contribution >= 4 is 27.7 Å². The molecule has 0 aliphatic heterocycles. The molecule has 0 spiro atoms. The SMILES string of the molecule is CCC(CC)C(=O)/C=C(\O)C(CC)CC.[CH2-][n+]1ccc(-c2cc(CC(C)C)c3occc3n2)cc1-c1[c-]c2ccccc2c(C(C)(C)C)c1.[Ir]. The van der Waals surface area contributed by atoms with Gasteiger partial charge in [-0.1, -0.05) is 91.5 Å². The maximum absolute atomic E-state index is 11.7. The van der Waals surface area contributed by atoms with Gasteiger partial charge >= 0.3 is 0 Å². The van der Waals surface area contributed by atoms with Crippen molar-refractivity contribution in [2.75, 3.05) is 0 Å². The van der Waals surface area contributed by atoms with Crippen LogP contribution in [0.15, 0.2) is 83.3 Å². The molecule has 0 bridgehead atoms. The number of carbonyl (C=O) groups excluding carboxylic acids is 1. The number of aliphatic hydroxyl groups is 1. The van der Waals surface area contributed by atoms with Gasteiger partial charge in [0, 0.05) is 51.1 Å². The van der Waals surface area contributed by atoms with Crippen molar-refractivity contribution in [1.82, 2.24) is 4.98 Å². The van der Waals surface area contributed by atoms with E-state index in [-0.39, 0.29) is 48.9 Å². The van der Waals surface area contributed by atoms with Crippen molar-refractivity contribution in [3.05, 3.63) is 103 Å². The van der Waals surface area contributed by atoms with Crippen LogP contribution in [0.5, 0.6) is 0 Å². The molecule has 3 aromatic heterocycles. The number of allylic oxidation sites excluding steroid dienone is 2. The molecule has 0 atom stereocenters. The van der Waals surface area contributed by atoms with Gasteiger partial charge in [-0.05, 0) is 72.8 Å². The molecule has 5 aromatic rings. The summed E-state index contributed by atoms with van der Waals surface area (Å²) in [5.41, 5.74) is 8.34. The standard InChI is InChI=1S/C31H31N2O.C13H24O2.Ir/c1-20(2)15-24-18-28(32-27-12-14-34-30(24)27)22-11-13-33(6)29(19-22)23-16-21-9-7-8-10-25(21)26(17-23)31(3,4)5;1-5-10(6-2)12(14)9-13(15)11(7-3)8-4;/h7-14,17-20H,6,15H2,1-5H3;9-11,14H,5-8H2,1-4H3;/q-1;;/b;12-9-;. The second-order valence-electron chi connectivity index (χ2n) is 14.6. The van der Waals surface area contributed by atoms with E-state index in [0.29, 0.717) is 5.92 Å². The monoisotopic (exact) mass is 852 g/mol. The first-order valence-corrected chi connectivity index (χ1v) is 17.9. The molecule has 0 amide bonds. The van der Waals surface area contributed by atoms with Crippen LogP contribution >= 0.6 is 0 Å². The first kappa shape index (κ1) is 40.7. The Balaban J connectivity index is 0.000000361. The summed E-state index contributed by atoms with van der Waals surface area (Å²) < 4.78 is 7.68. The Morgan fingerprint density at radius 1 is 0.980 bits per heavy atom. The number of carbonyl (C=O) groups is 1. The van der Waals surface area contributed by atoms with Crippen LogP contribution in [0, 0.1) is 30.9 Å². The van der Waals surface area contributed by atoms with Crippen molar-refractivity contribution in [2.45, 2.75) is 99.8 Å². The van der Waals surface area contributed by atoms with Crippen LogP contribution < -0.4 is 4.57 Å². The second kappa shape index (κ2) is 18.0. The normalized spacial score (nSPS) is 12.0. The number of benzene rings is 2. The number of fused-ring (bicyclic) bond motifs is 2. The molecule has 6 heteroatoms. The van der Waals surface area contributed by atoms with Gasteiger partial charge in [0.15, 0.2) is 11.4 Å². The molecular formula is C44H55IrN2O3-. The van der Waals surface area contributed by atoms with Crippen LogP contribution in [-0.2, 0) is 36.7 Å². The largest absolute Gasteiger partial charge is 0.512 e. The number of aromatic nitrogens is 2. The van der Waals surface area contributed by atoms with Crippen molar-refractivity contribution in [3.63, 3.8) is 0 Å². The van der Waals surface area contributed by atoms with Crippen molar-refractivity contribution in [3.8, 4) is 22.5 Å². The second-order valence-corrected chi connectivity index (χ2v) is 14.6. The topological polar surface area (TPSA) is 67.2 Å². The fourth-order valence-electron chi connectivity index (χ4n) is 6.45. The average Bonchev–Trinajstić information content (AvgIpc) is 3.54. The molecule has 5 nitrogen and oxygen atoms in total. The Kier molecular flexibility index (Phi) is 14.6. The summed E-state index contributed by atoms with van der Waals surface area (Å²) in [4.78, 5) is 16.6. The Labute approximate surface area is 313 Å². The van der Waals surface area contributed by atoms with Gasteiger partial charge in [-0.15, -0.1) is 29.1 Å². The number of aliphatic hydroxyl groups excluding tert-OH is 1. The zero-order valence-electron chi connectivity index (χ0n) is 31.4. The average molecular weight is 852 g/mol. The third kappa shape index (κ3) is 9.74. The number of furan rings is 1. The summed E-state index contributed by atoms with van der Waals surface area (Å²) >= 11 is 0. The zero-order chi connectivity index (χ0) is 35.9. The van der Waals surface area contributed by atoms with Gasteiger partial charge < -0.3 is 14.1 Å². The molecule has 0 fully saturated rings. The fourth-order valence-corrected chi connectivity index (χ4v) is 6.45. The van der Waals surface area contributed by atoms with E-state index in [1.165, 1.54) is 22.6 Å². The van der Waals surface area contributed by atoms with E-state index in [1.54, 1.807) is 6.26 Å². The molecule has 0 saturated heterocycles. The van der Waals surface area contributed by atoms with Crippen molar-refractivity contribution < 1.29 is 39.0 Å². The van der Waals surface area contributed by atoms with E-state index >= 15 is 0 Å². The van der Waals surface area contributed by atoms with E-state index in [0.717, 1.165) is 71.1 Å². The van der Waals surface area contributed by atoms with E-state index in [1.807, 2.05) is 44.5 Å². The Morgan fingerprint density at radius 2 is 1.64 bits per heavy atom. The van der Waals surface area contributed by atoms with E-state index in [4.69, 9.17) is 9.40 Å². The molecule has 5 rings (SSSR count). The molecule has 0 aliphatic rings. The molecule has 3 heterocycles. The van der Waals surface area contributed by atoms with Gasteiger partial charge in [0.1, 0.15) is 11.2 Å². The summed E-state index contributed by atoms with van der Waals surface area (Å²) in [6.07, 6.45) is 9.59. The maximum atomic E-state index is 11.7. The molecule has 0 unspecified atom stereocenters. The third-order valence-corrected chi connectivity index (χ3v) is 9.39. The quantitative estimate of drug-likeness (QED) is 0.0622. The molecule has 50 heavy (non-hydrogen) atoms. The number of pyridine rings is 2. The van der Waals surface area contributed by atoms with Crippen LogP contribution in [0.2, 0.25) is 0 Å². The molecular weight excluding hydrogens is 797 g/mol. The fraction of sp³-hybridized carbons (Fsp3) is 0.409. The minimum Gasteiger partial charge on any atom is -0.512 e. The first-order valence-electron chi connectivity index (χ1n) is 17.9. The van der Waals surface area contributed by atoms with Crippen LogP contribution in [0.3, 0.4) is 0 Å².